The Balaban J connectivity index is 2.74. The molecule has 1 aromatic rings. The number of nitrogens with one attached hydrogen (secondary N) is 1. The van der Waals surface area contributed by atoms with Crippen LogP contribution in [0.4, 0.5) is 8.78 Å². The molecule has 0 aliphatic heterocycles. The van der Waals surface area contributed by atoms with E-state index in [1.54, 1.807) is 6.07 Å². The minimum absolute atomic E-state index is 0.0675. The van der Waals surface area contributed by atoms with Crippen LogP contribution >= 0.6 is 0 Å². The Kier molecular flexibility index (Phi) is 5.00. The van der Waals surface area contributed by atoms with Gasteiger partial charge in [0.15, 0.2) is 0 Å². The minimum atomic E-state index is -3.75. The second-order valence-electron chi connectivity index (χ2n) is 3.16. The van der Waals surface area contributed by atoms with Crippen molar-refractivity contribution < 1.29 is 21.9 Å². The predicted molar refractivity (Wildman–Crippen MR) is 58.7 cm³/mol. The number of nitrogens with zero attached hydrogens (tertiary/aromatic N) is 1. The topological polar surface area (TPSA) is 79.2 Å². The summed E-state index contributed by atoms with van der Waals surface area (Å²) in [5.74, 6) is 0.148. The molecular formula is C10H10F2N2O3S. The van der Waals surface area contributed by atoms with Gasteiger partial charge in [-0.05, 0) is 24.3 Å². The van der Waals surface area contributed by atoms with Crippen molar-refractivity contribution in [2.24, 2.45) is 0 Å². The molecule has 0 heterocycles. The van der Waals surface area contributed by atoms with E-state index in [-0.39, 0.29) is 17.2 Å². The van der Waals surface area contributed by atoms with E-state index in [1.165, 1.54) is 24.3 Å². The number of rotatable bonds is 6. The zero-order valence-electron chi connectivity index (χ0n) is 9.14. The van der Waals surface area contributed by atoms with Gasteiger partial charge in [0.1, 0.15) is 12.4 Å². The molecule has 1 rings (SSSR count). The molecule has 0 spiro atoms. The van der Waals surface area contributed by atoms with Gasteiger partial charge in [0.25, 0.3) is 6.43 Å². The van der Waals surface area contributed by atoms with E-state index >= 15 is 0 Å². The van der Waals surface area contributed by atoms with Gasteiger partial charge in [-0.15, -0.1) is 0 Å². The summed E-state index contributed by atoms with van der Waals surface area (Å²) < 4.78 is 53.6. The van der Waals surface area contributed by atoms with E-state index < -0.39 is 23.1 Å². The zero-order valence-corrected chi connectivity index (χ0v) is 9.95. The molecule has 8 heteroatoms. The van der Waals surface area contributed by atoms with Crippen LogP contribution in [0.2, 0.25) is 0 Å². The van der Waals surface area contributed by atoms with Crippen molar-refractivity contribution in [1.82, 2.24) is 4.72 Å². The molecule has 1 N–H and O–H groups in total. The third-order valence-electron chi connectivity index (χ3n) is 1.85. The Morgan fingerprint density at radius 2 is 1.94 bits per heavy atom. The van der Waals surface area contributed by atoms with Crippen LogP contribution in [0.25, 0.3) is 0 Å². The number of halogens is 2. The first-order valence-electron chi connectivity index (χ1n) is 4.83. The third-order valence-corrected chi connectivity index (χ3v) is 3.27. The fourth-order valence-corrected chi connectivity index (χ4v) is 2.00. The molecule has 18 heavy (non-hydrogen) atoms. The Labute approximate surface area is 103 Å². The van der Waals surface area contributed by atoms with Gasteiger partial charge < -0.3 is 4.74 Å². The van der Waals surface area contributed by atoms with Crippen LogP contribution in [0.5, 0.6) is 5.75 Å². The second kappa shape index (κ2) is 6.28. The Bertz CT molecular complexity index is 523. The lowest BCUT2D eigenvalue weighted by molar-refractivity contribution is 0.0819. The molecule has 0 aliphatic carbocycles. The van der Waals surface area contributed by atoms with E-state index in [1.807, 2.05) is 4.72 Å². The summed E-state index contributed by atoms with van der Waals surface area (Å²) in [6.45, 7) is -1.09. The average Bonchev–Trinajstić information content (AvgIpc) is 2.34. The van der Waals surface area contributed by atoms with Crippen molar-refractivity contribution in [2.45, 2.75) is 11.3 Å². The van der Waals surface area contributed by atoms with Gasteiger partial charge in [-0.2, -0.15) is 9.98 Å². The smallest absolute Gasteiger partial charge is 0.272 e. The molecule has 0 atom stereocenters. The number of nitriles is 1. The lowest BCUT2D eigenvalue weighted by Crippen LogP contribution is -2.23. The van der Waals surface area contributed by atoms with Crippen molar-refractivity contribution in [3.05, 3.63) is 24.3 Å². The lowest BCUT2D eigenvalue weighted by atomic mass is 10.3. The van der Waals surface area contributed by atoms with Crippen LogP contribution in [0.1, 0.15) is 0 Å². The first kappa shape index (κ1) is 14.3. The molecule has 0 radical (unpaired) electrons. The largest absolute Gasteiger partial charge is 0.488 e. The van der Waals surface area contributed by atoms with Crippen molar-refractivity contribution >= 4 is 10.0 Å². The molecular weight excluding hydrogens is 266 g/mol. The fraction of sp³-hybridized carbons (Fsp3) is 0.300. The number of hydrogen-bond acceptors (Lipinski definition) is 4. The monoisotopic (exact) mass is 276 g/mol. The van der Waals surface area contributed by atoms with E-state index in [9.17, 15) is 17.2 Å². The fourth-order valence-electron chi connectivity index (χ4n) is 1.08. The highest BCUT2D eigenvalue weighted by molar-refractivity contribution is 7.89. The number of alkyl halides is 2. The molecule has 0 fully saturated rings. The number of sulfonamides is 1. The lowest BCUT2D eigenvalue weighted by Gasteiger charge is -2.07. The SMILES string of the molecule is N#CCNS(=O)(=O)c1ccc(OCC(F)F)cc1. The molecule has 0 aromatic heterocycles. The maximum atomic E-state index is 11.9. The second-order valence-corrected chi connectivity index (χ2v) is 4.92. The van der Waals surface area contributed by atoms with Gasteiger partial charge in [-0.25, -0.2) is 17.2 Å². The summed E-state index contributed by atoms with van der Waals surface area (Å²) in [6.07, 6.45) is -2.59. The predicted octanol–water partition coefficient (Wildman–Crippen LogP) is 1.13. The van der Waals surface area contributed by atoms with E-state index in [4.69, 9.17) is 10.00 Å². The van der Waals surface area contributed by atoms with Gasteiger partial charge >= 0.3 is 0 Å². The van der Waals surface area contributed by atoms with Crippen LogP contribution in [0.3, 0.4) is 0 Å². The normalized spacial score (nSPS) is 11.2. The summed E-state index contributed by atoms with van der Waals surface area (Å²) >= 11 is 0. The standard InChI is InChI=1S/C10H10F2N2O3S/c11-10(12)7-17-8-1-3-9(4-2-8)18(15,16)14-6-5-13/h1-4,10,14H,6-7H2. The van der Waals surface area contributed by atoms with Crippen LogP contribution in [0, 0.1) is 11.3 Å². The molecule has 0 bridgehead atoms. The molecule has 98 valence electrons. The van der Waals surface area contributed by atoms with Crippen LogP contribution in [-0.2, 0) is 10.0 Å². The van der Waals surface area contributed by atoms with Crippen molar-refractivity contribution in [1.29, 1.82) is 5.26 Å². The van der Waals surface area contributed by atoms with Crippen LogP contribution in [-0.4, -0.2) is 28.0 Å². The maximum absolute atomic E-state index is 11.9. The summed E-state index contributed by atoms with van der Waals surface area (Å²) in [7, 11) is -3.75. The van der Waals surface area contributed by atoms with Gasteiger partial charge in [0, 0.05) is 0 Å². The van der Waals surface area contributed by atoms with Gasteiger partial charge in [-0.3, -0.25) is 0 Å². The van der Waals surface area contributed by atoms with Crippen LogP contribution < -0.4 is 9.46 Å². The van der Waals surface area contributed by atoms with E-state index in [2.05, 4.69) is 0 Å². The molecule has 0 saturated heterocycles. The van der Waals surface area contributed by atoms with Gasteiger partial charge in [0.05, 0.1) is 17.5 Å². The summed E-state index contributed by atoms with van der Waals surface area (Å²) in [5.41, 5.74) is 0. The van der Waals surface area contributed by atoms with Gasteiger partial charge in [0.2, 0.25) is 10.0 Å². The first-order chi connectivity index (χ1) is 8.45. The number of hydrogen-bond donors (Lipinski definition) is 1. The maximum Gasteiger partial charge on any atom is 0.272 e. The van der Waals surface area contributed by atoms with Crippen molar-refractivity contribution in [2.75, 3.05) is 13.2 Å². The van der Waals surface area contributed by atoms with Gasteiger partial charge in [-0.1, -0.05) is 0 Å². The zero-order chi connectivity index (χ0) is 13.6. The Hall–Kier alpha value is -1.72. The van der Waals surface area contributed by atoms with E-state index in [0.29, 0.717) is 0 Å². The summed E-state index contributed by atoms with van der Waals surface area (Å²) in [5, 5.41) is 8.27. The molecule has 5 nitrogen and oxygen atoms in total. The molecule has 0 amide bonds. The average molecular weight is 276 g/mol. The molecule has 0 saturated carbocycles. The Morgan fingerprint density at radius 1 is 1.33 bits per heavy atom. The van der Waals surface area contributed by atoms with Crippen molar-refractivity contribution in [3.8, 4) is 11.8 Å². The highest BCUT2D eigenvalue weighted by Gasteiger charge is 2.13. The quantitative estimate of drug-likeness (QED) is 0.790. The molecule has 0 aliphatic rings. The van der Waals surface area contributed by atoms with E-state index in [0.717, 1.165) is 0 Å². The molecule has 0 unspecified atom stereocenters. The Morgan fingerprint density at radius 3 is 2.44 bits per heavy atom. The summed E-state index contributed by atoms with van der Waals surface area (Å²) in [6, 6.07) is 6.59. The van der Waals surface area contributed by atoms with Crippen LogP contribution in [0.15, 0.2) is 29.2 Å². The highest BCUT2D eigenvalue weighted by atomic mass is 32.2. The minimum Gasteiger partial charge on any atom is -0.488 e. The molecule has 1 aromatic carbocycles. The third kappa shape index (κ3) is 4.27. The highest BCUT2D eigenvalue weighted by Crippen LogP contribution is 2.16. The number of benzene rings is 1. The number of ether oxygens (including phenoxy) is 1. The first-order valence-corrected chi connectivity index (χ1v) is 6.31. The summed E-state index contributed by atoms with van der Waals surface area (Å²) in [4.78, 5) is -0.0675. The van der Waals surface area contributed by atoms with Crippen molar-refractivity contribution in [3.63, 3.8) is 0 Å².